The maximum absolute atomic E-state index is 12.6. The van der Waals surface area contributed by atoms with Gasteiger partial charge >= 0.3 is 0 Å². The van der Waals surface area contributed by atoms with Crippen molar-refractivity contribution >= 4 is 34.2 Å². The molecule has 1 aromatic carbocycles. The highest BCUT2D eigenvalue weighted by Gasteiger charge is 2.36. The summed E-state index contributed by atoms with van der Waals surface area (Å²) in [5.74, 6) is 0.173. The van der Waals surface area contributed by atoms with Crippen LogP contribution in [0.25, 0.3) is 10.9 Å². The Morgan fingerprint density at radius 2 is 2.16 bits per heavy atom. The normalized spacial score (nSPS) is 20.8. The van der Waals surface area contributed by atoms with Crippen molar-refractivity contribution in [1.29, 1.82) is 0 Å². The Hall–Kier alpha value is -2.51. The molecule has 1 fully saturated rings. The smallest absolute Gasteiger partial charge is 0.256 e. The number of aromatic nitrogens is 2. The molecule has 1 saturated carbocycles. The van der Waals surface area contributed by atoms with E-state index in [0.29, 0.717) is 18.4 Å². The molecule has 6 nitrogen and oxygen atoms in total. The topological polar surface area (TPSA) is 101 Å². The van der Waals surface area contributed by atoms with Crippen molar-refractivity contribution in [3.05, 3.63) is 53.0 Å². The second-order valence-electron chi connectivity index (χ2n) is 6.41. The standard InChI is InChI=1S/C18H18N4O2S/c19-17-14(9-25-22-17)18(24)21-16(11-6-13(23)7-11)12-5-10-3-1-2-4-15(10)20-8-12/h1-5,8-9,11,13,16,23H,6-7H2,(H2,19,22)(H,21,24). The fourth-order valence-electron chi connectivity index (χ4n) is 3.27. The van der Waals surface area contributed by atoms with E-state index in [1.165, 1.54) is 0 Å². The summed E-state index contributed by atoms with van der Waals surface area (Å²) in [5, 5.41) is 15.4. The number of nitrogen functional groups attached to an aromatic ring is 1. The molecule has 0 saturated heterocycles. The molecule has 128 valence electrons. The zero-order chi connectivity index (χ0) is 17.4. The van der Waals surface area contributed by atoms with E-state index in [-0.39, 0.29) is 29.8 Å². The van der Waals surface area contributed by atoms with Crippen molar-refractivity contribution in [3.8, 4) is 0 Å². The number of rotatable bonds is 4. The number of carbonyl (C=O) groups is 1. The number of benzene rings is 1. The lowest BCUT2D eigenvalue weighted by Crippen LogP contribution is -2.41. The fraction of sp³-hybridized carbons (Fsp3) is 0.278. The van der Waals surface area contributed by atoms with Crippen LogP contribution >= 0.6 is 11.5 Å². The van der Waals surface area contributed by atoms with Crippen LogP contribution in [0.1, 0.15) is 34.8 Å². The van der Waals surface area contributed by atoms with Gasteiger partial charge in [-0.3, -0.25) is 9.78 Å². The Morgan fingerprint density at radius 1 is 1.36 bits per heavy atom. The van der Waals surface area contributed by atoms with Gasteiger partial charge in [0.2, 0.25) is 0 Å². The van der Waals surface area contributed by atoms with Gasteiger partial charge in [0.25, 0.3) is 5.91 Å². The van der Waals surface area contributed by atoms with E-state index in [4.69, 9.17) is 5.73 Å². The summed E-state index contributed by atoms with van der Waals surface area (Å²) in [6.07, 6.45) is 2.82. The largest absolute Gasteiger partial charge is 0.393 e. The monoisotopic (exact) mass is 354 g/mol. The van der Waals surface area contributed by atoms with Crippen LogP contribution in [-0.4, -0.2) is 26.5 Å². The number of aliphatic hydroxyl groups excluding tert-OH is 1. The van der Waals surface area contributed by atoms with Crippen LogP contribution in [-0.2, 0) is 0 Å². The molecule has 1 unspecified atom stereocenters. The number of carbonyl (C=O) groups excluding carboxylic acids is 1. The minimum atomic E-state index is -0.300. The molecule has 7 heteroatoms. The minimum absolute atomic E-state index is 0.176. The maximum Gasteiger partial charge on any atom is 0.256 e. The predicted molar refractivity (Wildman–Crippen MR) is 97.2 cm³/mol. The minimum Gasteiger partial charge on any atom is -0.393 e. The first-order valence-electron chi connectivity index (χ1n) is 8.15. The summed E-state index contributed by atoms with van der Waals surface area (Å²) in [7, 11) is 0. The zero-order valence-electron chi connectivity index (χ0n) is 13.4. The summed E-state index contributed by atoms with van der Waals surface area (Å²) in [5.41, 5.74) is 8.00. The lowest BCUT2D eigenvalue weighted by molar-refractivity contribution is 0.0235. The number of para-hydroxylation sites is 1. The van der Waals surface area contributed by atoms with E-state index >= 15 is 0 Å². The zero-order valence-corrected chi connectivity index (χ0v) is 14.2. The number of nitrogens with zero attached hydrogens (tertiary/aromatic N) is 2. The van der Waals surface area contributed by atoms with Crippen molar-refractivity contribution in [2.45, 2.75) is 25.0 Å². The second-order valence-corrected chi connectivity index (χ2v) is 7.04. The summed E-state index contributed by atoms with van der Waals surface area (Å²) >= 11 is 1.16. The van der Waals surface area contributed by atoms with Gasteiger partial charge in [-0.2, -0.15) is 4.37 Å². The quantitative estimate of drug-likeness (QED) is 0.668. The van der Waals surface area contributed by atoms with E-state index < -0.39 is 0 Å². The molecule has 0 bridgehead atoms. The number of nitrogens with two attached hydrogens (primary N) is 1. The Labute approximate surface area is 148 Å². The second kappa shape index (κ2) is 6.42. The molecule has 0 spiro atoms. The van der Waals surface area contributed by atoms with E-state index in [1.54, 1.807) is 11.6 Å². The molecule has 4 N–H and O–H groups in total. The van der Waals surface area contributed by atoms with Crippen molar-refractivity contribution in [2.75, 3.05) is 5.73 Å². The first-order valence-corrected chi connectivity index (χ1v) is 8.99. The molecule has 1 amide bonds. The van der Waals surface area contributed by atoms with Crippen molar-refractivity contribution in [1.82, 2.24) is 14.7 Å². The van der Waals surface area contributed by atoms with Crippen LogP contribution in [0.5, 0.6) is 0 Å². The van der Waals surface area contributed by atoms with Gasteiger partial charge in [-0.25, -0.2) is 0 Å². The lowest BCUT2D eigenvalue weighted by atomic mass is 9.75. The number of amides is 1. The Bertz CT molecular complexity index is 920. The van der Waals surface area contributed by atoms with Gasteiger partial charge in [0, 0.05) is 17.0 Å². The molecule has 1 aliphatic rings. The maximum atomic E-state index is 12.6. The molecule has 0 radical (unpaired) electrons. The number of pyridine rings is 1. The molecule has 1 aliphatic carbocycles. The molecular formula is C18H18N4O2S. The van der Waals surface area contributed by atoms with Crippen LogP contribution in [0.2, 0.25) is 0 Å². The number of hydrogen-bond acceptors (Lipinski definition) is 6. The first kappa shape index (κ1) is 16.0. The van der Waals surface area contributed by atoms with Crippen molar-refractivity contribution in [3.63, 3.8) is 0 Å². The third-order valence-electron chi connectivity index (χ3n) is 4.72. The van der Waals surface area contributed by atoms with Crippen LogP contribution in [0.15, 0.2) is 41.9 Å². The predicted octanol–water partition coefficient (Wildman–Crippen LogP) is 2.52. The lowest BCUT2D eigenvalue weighted by Gasteiger charge is -2.38. The molecule has 25 heavy (non-hydrogen) atoms. The SMILES string of the molecule is Nc1nscc1C(=O)NC(c1cnc2ccccc2c1)C1CC(O)C1. The Balaban J connectivity index is 1.65. The van der Waals surface area contributed by atoms with Gasteiger partial charge in [0.05, 0.1) is 23.2 Å². The summed E-state index contributed by atoms with van der Waals surface area (Å²) in [4.78, 5) is 17.1. The van der Waals surface area contributed by atoms with Gasteiger partial charge in [0.15, 0.2) is 0 Å². The fourth-order valence-corrected chi connectivity index (χ4v) is 3.87. The number of hydrogen-bond donors (Lipinski definition) is 3. The highest BCUT2D eigenvalue weighted by molar-refractivity contribution is 7.04. The molecule has 3 aromatic rings. The van der Waals surface area contributed by atoms with E-state index in [9.17, 15) is 9.90 Å². The highest BCUT2D eigenvalue weighted by Crippen LogP contribution is 2.38. The van der Waals surface area contributed by atoms with Crippen LogP contribution < -0.4 is 11.1 Å². The van der Waals surface area contributed by atoms with Gasteiger partial charge in [-0.05, 0) is 48.0 Å². The molecule has 1 atom stereocenters. The van der Waals surface area contributed by atoms with Crippen molar-refractivity contribution < 1.29 is 9.90 Å². The van der Waals surface area contributed by atoms with Gasteiger partial charge in [-0.15, -0.1) is 0 Å². The third kappa shape index (κ3) is 3.08. The molecule has 2 aromatic heterocycles. The Morgan fingerprint density at radius 3 is 2.88 bits per heavy atom. The molecule has 2 heterocycles. The van der Waals surface area contributed by atoms with Crippen LogP contribution in [0.4, 0.5) is 5.82 Å². The summed E-state index contributed by atoms with van der Waals surface area (Å²) in [6, 6.07) is 9.70. The highest BCUT2D eigenvalue weighted by atomic mass is 32.1. The average molecular weight is 354 g/mol. The molecule has 4 rings (SSSR count). The summed E-state index contributed by atoms with van der Waals surface area (Å²) < 4.78 is 3.96. The van der Waals surface area contributed by atoms with Crippen LogP contribution in [0.3, 0.4) is 0 Å². The first-order chi connectivity index (χ1) is 12.1. The van der Waals surface area contributed by atoms with Gasteiger partial charge in [-0.1, -0.05) is 18.2 Å². The molecule has 0 aliphatic heterocycles. The van der Waals surface area contributed by atoms with Gasteiger partial charge < -0.3 is 16.2 Å². The Kier molecular flexibility index (Phi) is 4.10. The third-order valence-corrected chi connectivity index (χ3v) is 5.36. The number of anilines is 1. The number of nitrogens with one attached hydrogen (secondary N) is 1. The van der Waals surface area contributed by atoms with Gasteiger partial charge in [0.1, 0.15) is 5.82 Å². The summed E-state index contributed by atoms with van der Waals surface area (Å²) in [6.45, 7) is 0. The number of fused-ring (bicyclic) bond motifs is 1. The average Bonchev–Trinajstić information content (AvgIpc) is 3.03. The number of aliphatic hydroxyl groups is 1. The van der Waals surface area contributed by atoms with Crippen LogP contribution in [0, 0.1) is 5.92 Å². The van der Waals surface area contributed by atoms with E-state index in [2.05, 4.69) is 14.7 Å². The molecular weight excluding hydrogens is 336 g/mol. The van der Waals surface area contributed by atoms with E-state index in [0.717, 1.165) is 28.0 Å². The van der Waals surface area contributed by atoms with E-state index in [1.807, 2.05) is 30.3 Å². The van der Waals surface area contributed by atoms with Crippen molar-refractivity contribution in [2.24, 2.45) is 5.92 Å².